The molecule has 6 heteroatoms. The molecule has 1 aliphatic heterocycles. The molecular formula is C13H20N4O2. The average molecular weight is 264 g/mol. The number of rotatable bonds is 5. The van der Waals surface area contributed by atoms with Crippen LogP contribution in [0.4, 0.5) is 5.82 Å². The molecule has 1 amide bonds. The van der Waals surface area contributed by atoms with Crippen LogP contribution in [0, 0.1) is 0 Å². The topological polar surface area (TPSA) is 67.4 Å². The summed E-state index contributed by atoms with van der Waals surface area (Å²) in [5.74, 6) is 0.593. The highest BCUT2D eigenvalue weighted by molar-refractivity contribution is 5.92. The highest BCUT2D eigenvalue weighted by Crippen LogP contribution is 2.13. The molecule has 1 fully saturated rings. The lowest BCUT2D eigenvalue weighted by molar-refractivity contribution is 0.0704. The molecule has 1 aromatic rings. The minimum absolute atomic E-state index is 0.106. The van der Waals surface area contributed by atoms with Gasteiger partial charge in [0, 0.05) is 20.2 Å². The largest absolute Gasteiger partial charge is 0.379 e. The van der Waals surface area contributed by atoms with E-state index in [1.807, 2.05) is 0 Å². The van der Waals surface area contributed by atoms with Gasteiger partial charge in [-0.1, -0.05) is 6.92 Å². The fourth-order valence-electron chi connectivity index (χ4n) is 1.97. The van der Waals surface area contributed by atoms with Crippen molar-refractivity contribution in [1.82, 2.24) is 15.1 Å². The Morgan fingerprint density at radius 3 is 2.95 bits per heavy atom. The fourth-order valence-corrected chi connectivity index (χ4v) is 1.97. The molecule has 1 N–H and O–H groups in total. The molecule has 1 saturated heterocycles. The lowest BCUT2D eigenvalue weighted by Gasteiger charge is -2.22. The molecule has 19 heavy (non-hydrogen) atoms. The van der Waals surface area contributed by atoms with Crippen LogP contribution in [-0.4, -0.2) is 53.9 Å². The summed E-state index contributed by atoms with van der Waals surface area (Å²) in [5.41, 5.74) is 0.372. The van der Waals surface area contributed by atoms with Crippen LogP contribution >= 0.6 is 0 Å². The van der Waals surface area contributed by atoms with Gasteiger partial charge in [-0.05, 0) is 25.0 Å². The van der Waals surface area contributed by atoms with Gasteiger partial charge in [-0.15, -0.1) is 10.2 Å². The number of hydrogen-bond donors (Lipinski definition) is 1. The maximum Gasteiger partial charge on any atom is 0.274 e. The molecule has 1 unspecified atom stereocenters. The van der Waals surface area contributed by atoms with Crippen molar-refractivity contribution in [3.63, 3.8) is 0 Å². The maximum atomic E-state index is 12.2. The summed E-state index contributed by atoms with van der Waals surface area (Å²) in [6.07, 6.45) is 1.90. The Morgan fingerprint density at radius 1 is 1.53 bits per heavy atom. The van der Waals surface area contributed by atoms with Crippen LogP contribution in [0.5, 0.6) is 0 Å². The minimum atomic E-state index is -0.106. The first-order valence-electron chi connectivity index (χ1n) is 6.65. The van der Waals surface area contributed by atoms with Crippen molar-refractivity contribution in [2.45, 2.75) is 25.8 Å². The van der Waals surface area contributed by atoms with Crippen molar-refractivity contribution < 1.29 is 9.53 Å². The Bertz CT molecular complexity index is 415. The lowest BCUT2D eigenvalue weighted by Crippen LogP contribution is -2.37. The Hall–Kier alpha value is -1.69. The van der Waals surface area contributed by atoms with Crippen LogP contribution in [0.2, 0.25) is 0 Å². The van der Waals surface area contributed by atoms with Gasteiger partial charge in [-0.2, -0.15) is 0 Å². The number of carbonyl (C=O) groups excluding carboxylic acids is 1. The zero-order chi connectivity index (χ0) is 13.7. The summed E-state index contributed by atoms with van der Waals surface area (Å²) in [6.45, 7) is 4.25. The molecule has 6 nitrogen and oxygen atoms in total. The number of nitrogens with zero attached hydrogens (tertiary/aromatic N) is 3. The van der Waals surface area contributed by atoms with Crippen molar-refractivity contribution in [2.75, 3.05) is 32.1 Å². The Balaban J connectivity index is 1.98. The maximum absolute atomic E-state index is 12.2. The molecule has 0 saturated carbocycles. The molecule has 2 rings (SSSR count). The van der Waals surface area contributed by atoms with Crippen LogP contribution in [0.3, 0.4) is 0 Å². The number of anilines is 1. The summed E-state index contributed by atoms with van der Waals surface area (Å²) in [4.78, 5) is 13.9. The Kier molecular flexibility index (Phi) is 4.68. The van der Waals surface area contributed by atoms with Crippen molar-refractivity contribution in [2.24, 2.45) is 0 Å². The van der Waals surface area contributed by atoms with Gasteiger partial charge < -0.3 is 15.0 Å². The predicted molar refractivity (Wildman–Crippen MR) is 72.1 cm³/mol. The molecule has 0 bridgehead atoms. The van der Waals surface area contributed by atoms with E-state index in [0.717, 1.165) is 19.4 Å². The molecule has 0 aliphatic carbocycles. The van der Waals surface area contributed by atoms with Gasteiger partial charge in [-0.25, -0.2) is 0 Å². The monoisotopic (exact) mass is 264 g/mol. The quantitative estimate of drug-likeness (QED) is 0.864. The normalized spacial score (nSPS) is 18.3. The number of nitrogens with one attached hydrogen (secondary N) is 1. The van der Waals surface area contributed by atoms with E-state index in [1.54, 1.807) is 24.1 Å². The molecule has 1 atom stereocenters. The first-order chi connectivity index (χ1) is 9.22. The van der Waals surface area contributed by atoms with Gasteiger partial charge in [0.25, 0.3) is 5.91 Å². The van der Waals surface area contributed by atoms with Crippen LogP contribution in [0.1, 0.15) is 30.3 Å². The van der Waals surface area contributed by atoms with Crippen molar-refractivity contribution in [3.05, 3.63) is 17.8 Å². The second kappa shape index (κ2) is 6.47. The zero-order valence-corrected chi connectivity index (χ0v) is 11.4. The number of amides is 1. The minimum Gasteiger partial charge on any atom is -0.379 e. The molecule has 0 aromatic carbocycles. The third kappa shape index (κ3) is 3.41. The van der Waals surface area contributed by atoms with Crippen molar-refractivity contribution in [3.8, 4) is 0 Å². The summed E-state index contributed by atoms with van der Waals surface area (Å²) in [5, 5.41) is 11.1. The van der Waals surface area contributed by atoms with E-state index < -0.39 is 0 Å². The first kappa shape index (κ1) is 13.7. The number of hydrogen-bond acceptors (Lipinski definition) is 5. The van der Waals surface area contributed by atoms with E-state index in [4.69, 9.17) is 4.74 Å². The molecular weight excluding hydrogens is 244 g/mol. The van der Waals surface area contributed by atoms with Gasteiger partial charge in [0.05, 0.1) is 12.6 Å². The van der Waals surface area contributed by atoms with E-state index in [2.05, 4.69) is 22.4 Å². The van der Waals surface area contributed by atoms with Crippen LogP contribution in [0.15, 0.2) is 12.1 Å². The number of aromatic nitrogens is 2. The summed E-state index contributed by atoms with van der Waals surface area (Å²) >= 11 is 0. The number of likely N-dealkylation sites (N-methyl/N-ethyl adjacent to an activating group) is 1. The smallest absolute Gasteiger partial charge is 0.274 e. The van der Waals surface area contributed by atoms with E-state index in [9.17, 15) is 4.79 Å². The SMILES string of the molecule is CCCNc1ccc(C(=O)N(C)C2CCOC2)nn1. The van der Waals surface area contributed by atoms with Gasteiger partial charge in [0.2, 0.25) is 0 Å². The van der Waals surface area contributed by atoms with Gasteiger partial charge in [0.15, 0.2) is 5.69 Å². The molecule has 2 heterocycles. The molecule has 1 aromatic heterocycles. The van der Waals surface area contributed by atoms with Crippen molar-refractivity contribution in [1.29, 1.82) is 0 Å². The van der Waals surface area contributed by atoms with E-state index in [1.165, 1.54) is 0 Å². The predicted octanol–water partition coefficient (Wildman–Crippen LogP) is 1.16. The summed E-state index contributed by atoms with van der Waals surface area (Å²) in [7, 11) is 1.78. The van der Waals surface area contributed by atoms with Gasteiger partial charge >= 0.3 is 0 Å². The fraction of sp³-hybridized carbons (Fsp3) is 0.615. The Morgan fingerprint density at radius 2 is 2.37 bits per heavy atom. The molecule has 1 aliphatic rings. The van der Waals surface area contributed by atoms with E-state index in [0.29, 0.717) is 24.7 Å². The highest BCUT2D eigenvalue weighted by atomic mass is 16.5. The van der Waals surface area contributed by atoms with Gasteiger partial charge in [0.1, 0.15) is 5.82 Å². The third-order valence-corrected chi connectivity index (χ3v) is 3.21. The van der Waals surface area contributed by atoms with Crippen molar-refractivity contribution >= 4 is 11.7 Å². The van der Waals surface area contributed by atoms with Crippen LogP contribution in [-0.2, 0) is 4.74 Å². The number of carbonyl (C=O) groups is 1. The second-order valence-corrected chi connectivity index (χ2v) is 4.66. The Labute approximate surface area is 113 Å². The molecule has 0 spiro atoms. The standard InChI is InChI=1S/C13H20N4O2/c1-3-7-14-12-5-4-11(15-16-12)13(18)17(2)10-6-8-19-9-10/h4-5,10H,3,6-9H2,1-2H3,(H,14,16). The second-order valence-electron chi connectivity index (χ2n) is 4.66. The third-order valence-electron chi connectivity index (χ3n) is 3.21. The first-order valence-corrected chi connectivity index (χ1v) is 6.65. The number of ether oxygens (including phenoxy) is 1. The highest BCUT2D eigenvalue weighted by Gasteiger charge is 2.25. The average Bonchev–Trinajstić information content (AvgIpc) is 2.98. The van der Waals surface area contributed by atoms with Crippen LogP contribution < -0.4 is 5.32 Å². The summed E-state index contributed by atoms with van der Waals surface area (Å²) in [6, 6.07) is 3.64. The zero-order valence-electron chi connectivity index (χ0n) is 11.4. The van der Waals surface area contributed by atoms with Crippen LogP contribution in [0.25, 0.3) is 0 Å². The molecule has 0 radical (unpaired) electrons. The van der Waals surface area contributed by atoms with E-state index >= 15 is 0 Å². The lowest BCUT2D eigenvalue weighted by atomic mass is 10.2. The molecule has 104 valence electrons. The van der Waals surface area contributed by atoms with Gasteiger partial charge in [-0.3, -0.25) is 4.79 Å². The summed E-state index contributed by atoms with van der Waals surface area (Å²) < 4.78 is 5.29. The van der Waals surface area contributed by atoms with E-state index in [-0.39, 0.29) is 11.9 Å².